The maximum absolute atomic E-state index is 11.0. The molecule has 0 aliphatic carbocycles. The summed E-state index contributed by atoms with van der Waals surface area (Å²) in [4.78, 5) is 15.0. The first-order valence-electron chi connectivity index (χ1n) is 5.89. The fourth-order valence-corrected chi connectivity index (χ4v) is 1.72. The van der Waals surface area contributed by atoms with E-state index in [2.05, 4.69) is 4.98 Å². The van der Waals surface area contributed by atoms with Gasteiger partial charge in [-0.3, -0.25) is 0 Å². The first-order chi connectivity index (χ1) is 9.18. The molecule has 1 aromatic heterocycles. The minimum Gasteiger partial charge on any atom is -0.490 e. The minimum atomic E-state index is -1.04. The maximum Gasteiger partial charge on any atom is 0.339 e. The molecule has 0 amide bonds. The molecule has 2 rings (SSSR count). The summed E-state index contributed by atoms with van der Waals surface area (Å²) in [7, 11) is 0. The van der Waals surface area contributed by atoms with Crippen molar-refractivity contribution in [2.75, 3.05) is 12.3 Å². The summed E-state index contributed by atoms with van der Waals surface area (Å²) < 4.78 is 7.41. The van der Waals surface area contributed by atoms with Crippen LogP contribution < -0.4 is 10.5 Å². The number of nitrogen functional groups attached to an aromatic ring is 1. The number of aromatic carboxylic acids is 1. The zero-order valence-corrected chi connectivity index (χ0v) is 10.3. The molecule has 0 bridgehead atoms. The van der Waals surface area contributed by atoms with Crippen molar-refractivity contribution < 1.29 is 14.6 Å². The number of carbonyl (C=O) groups is 1. The van der Waals surface area contributed by atoms with E-state index in [1.807, 2.05) is 10.8 Å². The van der Waals surface area contributed by atoms with E-state index in [9.17, 15) is 4.79 Å². The second-order valence-electron chi connectivity index (χ2n) is 4.03. The molecule has 1 aromatic carbocycles. The minimum absolute atomic E-state index is 0.0858. The van der Waals surface area contributed by atoms with Crippen molar-refractivity contribution in [1.29, 1.82) is 0 Å². The third-order valence-electron chi connectivity index (χ3n) is 2.64. The first-order valence-corrected chi connectivity index (χ1v) is 5.89. The van der Waals surface area contributed by atoms with Crippen LogP contribution in [0.1, 0.15) is 16.8 Å². The lowest BCUT2D eigenvalue weighted by Gasteiger charge is -2.11. The van der Waals surface area contributed by atoms with Crippen molar-refractivity contribution >= 4 is 11.7 Å². The average Bonchev–Trinajstić information content (AvgIpc) is 2.88. The normalized spacial score (nSPS) is 10.3. The zero-order chi connectivity index (χ0) is 13.7. The SMILES string of the molecule is Nc1cccc(C(=O)O)c1OCCCn1ccnc1. The van der Waals surface area contributed by atoms with Crippen LogP contribution in [0.5, 0.6) is 5.75 Å². The number of nitrogens with zero attached hydrogens (tertiary/aromatic N) is 2. The molecule has 3 N–H and O–H groups in total. The predicted molar refractivity (Wildman–Crippen MR) is 70.2 cm³/mol. The molecule has 0 saturated carbocycles. The quantitative estimate of drug-likeness (QED) is 0.609. The van der Waals surface area contributed by atoms with E-state index in [4.69, 9.17) is 15.6 Å². The van der Waals surface area contributed by atoms with Gasteiger partial charge in [0.2, 0.25) is 0 Å². The molecule has 0 radical (unpaired) electrons. The summed E-state index contributed by atoms with van der Waals surface area (Å²) in [6, 6.07) is 4.69. The fraction of sp³-hybridized carbons (Fsp3) is 0.231. The number of para-hydroxylation sites is 1. The molecule has 0 spiro atoms. The Morgan fingerprint density at radius 3 is 3.00 bits per heavy atom. The molecule has 1 heterocycles. The van der Waals surface area contributed by atoms with Crippen LogP contribution in [-0.4, -0.2) is 27.2 Å². The number of nitrogens with two attached hydrogens (primary N) is 1. The van der Waals surface area contributed by atoms with Crippen molar-refractivity contribution in [3.63, 3.8) is 0 Å². The van der Waals surface area contributed by atoms with Crippen molar-refractivity contribution in [3.8, 4) is 5.75 Å². The summed E-state index contributed by atoms with van der Waals surface area (Å²) >= 11 is 0. The number of aryl methyl sites for hydroxylation is 1. The highest BCUT2D eigenvalue weighted by atomic mass is 16.5. The Hall–Kier alpha value is -2.50. The monoisotopic (exact) mass is 261 g/mol. The van der Waals surface area contributed by atoms with Gasteiger partial charge in [0.15, 0.2) is 5.75 Å². The molecule has 100 valence electrons. The van der Waals surface area contributed by atoms with E-state index >= 15 is 0 Å². The van der Waals surface area contributed by atoms with Crippen LogP contribution in [-0.2, 0) is 6.54 Å². The van der Waals surface area contributed by atoms with Crippen LogP contribution in [0.2, 0.25) is 0 Å². The molecule has 2 aromatic rings. The summed E-state index contributed by atoms with van der Waals surface area (Å²) in [5.74, 6) is -0.808. The van der Waals surface area contributed by atoms with Crippen molar-refractivity contribution in [2.24, 2.45) is 0 Å². The summed E-state index contributed by atoms with van der Waals surface area (Å²) in [6.45, 7) is 1.15. The van der Waals surface area contributed by atoms with Gasteiger partial charge in [0.25, 0.3) is 0 Å². The van der Waals surface area contributed by atoms with Gasteiger partial charge in [-0.05, 0) is 18.6 Å². The van der Waals surface area contributed by atoms with Crippen LogP contribution in [0.4, 0.5) is 5.69 Å². The number of carboxylic acids is 1. The van der Waals surface area contributed by atoms with Gasteiger partial charge in [-0.15, -0.1) is 0 Å². The van der Waals surface area contributed by atoms with Gasteiger partial charge in [0, 0.05) is 18.9 Å². The molecule has 19 heavy (non-hydrogen) atoms. The molecule has 0 fully saturated rings. The lowest BCUT2D eigenvalue weighted by molar-refractivity contribution is 0.0692. The van der Waals surface area contributed by atoms with E-state index in [-0.39, 0.29) is 11.3 Å². The Bertz CT molecular complexity index is 552. The summed E-state index contributed by atoms with van der Waals surface area (Å²) in [6.07, 6.45) is 6.03. The highest BCUT2D eigenvalue weighted by Gasteiger charge is 2.13. The smallest absolute Gasteiger partial charge is 0.339 e. The highest BCUT2D eigenvalue weighted by molar-refractivity contribution is 5.93. The van der Waals surface area contributed by atoms with Gasteiger partial charge in [0.05, 0.1) is 18.6 Å². The lowest BCUT2D eigenvalue weighted by Crippen LogP contribution is -2.08. The van der Waals surface area contributed by atoms with Crippen molar-refractivity contribution in [2.45, 2.75) is 13.0 Å². The number of imidazole rings is 1. The Morgan fingerprint density at radius 2 is 2.32 bits per heavy atom. The Labute approximate surface area is 110 Å². The van der Waals surface area contributed by atoms with Crippen LogP contribution in [0, 0.1) is 0 Å². The molecule has 6 nitrogen and oxygen atoms in total. The van der Waals surface area contributed by atoms with Gasteiger partial charge in [0.1, 0.15) is 5.56 Å². The number of aromatic nitrogens is 2. The van der Waals surface area contributed by atoms with Gasteiger partial charge in [-0.2, -0.15) is 0 Å². The lowest BCUT2D eigenvalue weighted by atomic mass is 10.2. The van der Waals surface area contributed by atoms with E-state index in [1.54, 1.807) is 24.7 Å². The Balaban J connectivity index is 1.93. The maximum atomic E-state index is 11.0. The standard InChI is InChI=1S/C13H15N3O3/c14-11-4-1-3-10(13(17)18)12(11)19-8-2-6-16-7-5-15-9-16/h1,3-5,7,9H,2,6,8,14H2,(H,17,18). The molecular formula is C13H15N3O3. The number of hydrogen-bond donors (Lipinski definition) is 2. The van der Waals surface area contributed by atoms with Crippen LogP contribution in [0.3, 0.4) is 0 Å². The van der Waals surface area contributed by atoms with Gasteiger partial charge >= 0.3 is 5.97 Å². The van der Waals surface area contributed by atoms with E-state index in [0.717, 1.165) is 13.0 Å². The number of carboxylic acid groups (broad SMARTS) is 1. The Kier molecular flexibility index (Phi) is 4.02. The van der Waals surface area contributed by atoms with Gasteiger partial charge < -0.3 is 20.1 Å². The molecule has 0 aliphatic heterocycles. The topological polar surface area (TPSA) is 90.4 Å². The molecule has 0 unspecified atom stereocenters. The molecule has 0 aliphatic rings. The third-order valence-corrected chi connectivity index (χ3v) is 2.64. The summed E-state index contributed by atoms with van der Waals surface area (Å²) in [5.41, 5.74) is 6.15. The van der Waals surface area contributed by atoms with E-state index < -0.39 is 5.97 Å². The second kappa shape index (κ2) is 5.90. The second-order valence-corrected chi connectivity index (χ2v) is 4.03. The highest BCUT2D eigenvalue weighted by Crippen LogP contribution is 2.26. The number of rotatable bonds is 6. The van der Waals surface area contributed by atoms with Crippen LogP contribution >= 0.6 is 0 Å². The van der Waals surface area contributed by atoms with Crippen molar-refractivity contribution in [3.05, 3.63) is 42.5 Å². The van der Waals surface area contributed by atoms with E-state index in [0.29, 0.717) is 12.3 Å². The number of ether oxygens (including phenoxy) is 1. The fourth-order valence-electron chi connectivity index (χ4n) is 1.72. The number of benzene rings is 1. The molecule has 0 saturated heterocycles. The summed E-state index contributed by atoms with van der Waals surface area (Å²) in [5, 5.41) is 9.05. The van der Waals surface area contributed by atoms with Gasteiger partial charge in [-0.25, -0.2) is 9.78 Å². The zero-order valence-electron chi connectivity index (χ0n) is 10.3. The average molecular weight is 261 g/mol. The third kappa shape index (κ3) is 3.25. The molecular weight excluding hydrogens is 246 g/mol. The van der Waals surface area contributed by atoms with Crippen molar-refractivity contribution in [1.82, 2.24) is 9.55 Å². The predicted octanol–water partition coefficient (Wildman–Crippen LogP) is 1.63. The van der Waals surface area contributed by atoms with Gasteiger partial charge in [-0.1, -0.05) is 6.07 Å². The Morgan fingerprint density at radius 1 is 1.47 bits per heavy atom. The first kappa shape index (κ1) is 12.9. The number of anilines is 1. The molecule has 0 atom stereocenters. The largest absolute Gasteiger partial charge is 0.490 e. The molecule has 6 heteroatoms. The number of hydrogen-bond acceptors (Lipinski definition) is 4. The van der Waals surface area contributed by atoms with Crippen LogP contribution in [0.15, 0.2) is 36.9 Å². The van der Waals surface area contributed by atoms with E-state index in [1.165, 1.54) is 6.07 Å². The van der Waals surface area contributed by atoms with Crippen LogP contribution in [0.25, 0.3) is 0 Å².